The highest BCUT2D eigenvalue weighted by Gasteiger charge is 2.25. The smallest absolute Gasteiger partial charge is 0.337 e. The van der Waals surface area contributed by atoms with Crippen molar-refractivity contribution in [2.45, 2.75) is 78.6 Å². The van der Waals surface area contributed by atoms with Gasteiger partial charge in [0.05, 0.1) is 19.8 Å². The van der Waals surface area contributed by atoms with E-state index in [9.17, 15) is 14.4 Å². The Hall–Kier alpha value is -3.15. The molecule has 196 valence electrons. The average Bonchev–Trinajstić information content (AvgIpc) is 2.81. The molecule has 1 atom stereocenters. The SMILES string of the molecule is CCCC(=O)c1ccc(C(CC(=O)Nc2cc(C(=O)OC)ccc2C(C)(C)C)CC(C)C)c(OC)c1. The van der Waals surface area contributed by atoms with Crippen LogP contribution in [0.4, 0.5) is 5.69 Å². The van der Waals surface area contributed by atoms with Crippen LogP contribution < -0.4 is 10.1 Å². The molecule has 2 aromatic carbocycles. The Bertz CT molecular complexity index is 1080. The Kier molecular flexibility index (Phi) is 10.3. The molecule has 0 aromatic heterocycles. The molecule has 0 bridgehead atoms. The number of ketones is 1. The van der Waals surface area contributed by atoms with Crippen LogP contribution in [-0.2, 0) is 14.9 Å². The molecular weight excluding hydrogens is 454 g/mol. The molecule has 2 rings (SSSR count). The number of carbonyl (C=O) groups excluding carboxylic acids is 3. The highest BCUT2D eigenvalue weighted by atomic mass is 16.5. The summed E-state index contributed by atoms with van der Waals surface area (Å²) in [7, 11) is 2.93. The molecule has 36 heavy (non-hydrogen) atoms. The number of rotatable bonds is 11. The van der Waals surface area contributed by atoms with Crippen molar-refractivity contribution >= 4 is 23.3 Å². The Morgan fingerprint density at radius 2 is 1.64 bits per heavy atom. The summed E-state index contributed by atoms with van der Waals surface area (Å²) < 4.78 is 10.5. The minimum absolute atomic E-state index is 0.0840. The van der Waals surface area contributed by atoms with E-state index in [-0.39, 0.29) is 29.4 Å². The van der Waals surface area contributed by atoms with E-state index in [1.54, 1.807) is 25.3 Å². The lowest BCUT2D eigenvalue weighted by molar-refractivity contribution is -0.116. The normalized spacial score (nSPS) is 12.2. The maximum absolute atomic E-state index is 13.3. The molecule has 0 heterocycles. The van der Waals surface area contributed by atoms with Gasteiger partial charge in [0.1, 0.15) is 5.75 Å². The minimum atomic E-state index is -0.453. The highest BCUT2D eigenvalue weighted by Crippen LogP contribution is 2.36. The van der Waals surface area contributed by atoms with Crippen LogP contribution in [0.5, 0.6) is 5.75 Å². The molecule has 0 radical (unpaired) electrons. The van der Waals surface area contributed by atoms with Crippen LogP contribution in [0.25, 0.3) is 0 Å². The Morgan fingerprint density at radius 1 is 0.972 bits per heavy atom. The number of esters is 1. The van der Waals surface area contributed by atoms with Gasteiger partial charge < -0.3 is 14.8 Å². The standard InChI is InChI=1S/C30H41NO5/c1-9-10-26(32)20-11-13-23(27(17-20)35-7)22(15-19(2)3)18-28(33)31-25-16-21(29(34)36-8)12-14-24(25)30(4,5)6/h11-14,16-17,19,22H,9-10,15,18H2,1-8H3,(H,31,33). The van der Waals surface area contributed by atoms with Crippen molar-refractivity contribution in [3.8, 4) is 5.75 Å². The van der Waals surface area contributed by atoms with Crippen LogP contribution in [0.2, 0.25) is 0 Å². The lowest BCUT2D eigenvalue weighted by Crippen LogP contribution is -2.21. The molecule has 0 fully saturated rings. The van der Waals surface area contributed by atoms with Crippen LogP contribution >= 0.6 is 0 Å². The zero-order valence-electron chi connectivity index (χ0n) is 23.0. The van der Waals surface area contributed by atoms with Crippen LogP contribution in [-0.4, -0.2) is 31.9 Å². The summed E-state index contributed by atoms with van der Waals surface area (Å²) >= 11 is 0. The highest BCUT2D eigenvalue weighted by molar-refractivity contribution is 5.97. The molecule has 1 amide bonds. The number of hydrogen-bond donors (Lipinski definition) is 1. The van der Waals surface area contributed by atoms with Crippen molar-refractivity contribution in [3.05, 3.63) is 58.7 Å². The van der Waals surface area contributed by atoms with Gasteiger partial charge in [-0.15, -0.1) is 0 Å². The molecule has 6 nitrogen and oxygen atoms in total. The molecule has 0 saturated heterocycles. The molecule has 6 heteroatoms. The second-order valence-electron chi connectivity index (χ2n) is 10.7. The number of nitrogens with one attached hydrogen (secondary N) is 1. The number of Topliss-reactive ketones (excluding diaryl/α,β-unsaturated/α-hetero) is 1. The Balaban J connectivity index is 2.39. The van der Waals surface area contributed by atoms with Crippen LogP contribution in [0, 0.1) is 5.92 Å². The summed E-state index contributed by atoms with van der Waals surface area (Å²) in [5, 5.41) is 3.05. The molecule has 0 saturated carbocycles. The van der Waals surface area contributed by atoms with Gasteiger partial charge in [-0.05, 0) is 59.4 Å². The summed E-state index contributed by atoms with van der Waals surface area (Å²) in [5.41, 5.74) is 3.21. The van der Waals surface area contributed by atoms with Gasteiger partial charge in [-0.2, -0.15) is 0 Å². The molecule has 0 aliphatic heterocycles. The van der Waals surface area contributed by atoms with E-state index in [1.165, 1.54) is 7.11 Å². The second-order valence-corrected chi connectivity index (χ2v) is 10.7. The van der Waals surface area contributed by atoms with Gasteiger partial charge >= 0.3 is 5.97 Å². The van der Waals surface area contributed by atoms with E-state index in [0.29, 0.717) is 34.9 Å². The Labute approximate surface area is 215 Å². The van der Waals surface area contributed by atoms with E-state index < -0.39 is 5.97 Å². The third-order valence-corrected chi connectivity index (χ3v) is 6.18. The summed E-state index contributed by atoms with van der Waals surface area (Å²) in [5.74, 6) is 0.352. The number of amides is 1. The second kappa shape index (κ2) is 12.7. The first-order valence-electron chi connectivity index (χ1n) is 12.6. The zero-order valence-corrected chi connectivity index (χ0v) is 23.0. The zero-order chi connectivity index (χ0) is 27.0. The maximum atomic E-state index is 13.3. The first-order chi connectivity index (χ1) is 16.9. The number of anilines is 1. The first-order valence-corrected chi connectivity index (χ1v) is 12.6. The molecular formula is C30H41NO5. The quantitative estimate of drug-likeness (QED) is 0.270. The third-order valence-electron chi connectivity index (χ3n) is 6.18. The Morgan fingerprint density at radius 3 is 2.19 bits per heavy atom. The van der Waals surface area contributed by atoms with E-state index >= 15 is 0 Å². The maximum Gasteiger partial charge on any atom is 0.337 e. The lowest BCUT2D eigenvalue weighted by atomic mass is 9.84. The van der Waals surface area contributed by atoms with E-state index in [0.717, 1.165) is 24.0 Å². The topological polar surface area (TPSA) is 81.7 Å². The fourth-order valence-electron chi connectivity index (χ4n) is 4.45. The third kappa shape index (κ3) is 7.67. The fraction of sp³-hybridized carbons (Fsp3) is 0.500. The van der Waals surface area contributed by atoms with E-state index in [2.05, 4.69) is 39.9 Å². The monoisotopic (exact) mass is 495 g/mol. The van der Waals surface area contributed by atoms with Crippen molar-refractivity contribution in [1.29, 1.82) is 0 Å². The first kappa shape index (κ1) is 29.1. The molecule has 1 unspecified atom stereocenters. The molecule has 0 aliphatic rings. The lowest BCUT2D eigenvalue weighted by Gasteiger charge is -2.25. The predicted molar refractivity (Wildman–Crippen MR) is 144 cm³/mol. The predicted octanol–water partition coefficient (Wildman–Crippen LogP) is 6.92. The number of carbonyl (C=O) groups is 3. The number of hydrogen-bond acceptors (Lipinski definition) is 5. The van der Waals surface area contributed by atoms with Crippen molar-refractivity contribution in [1.82, 2.24) is 0 Å². The van der Waals surface area contributed by atoms with Gasteiger partial charge in [-0.25, -0.2) is 4.79 Å². The van der Waals surface area contributed by atoms with Crippen LogP contribution in [0.15, 0.2) is 36.4 Å². The van der Waals surface area contributed by atoms with E-state index in [4.69, 9.17) is 9.47 Å². The van der Waals surface area contributed by atoms with Crippen molar-refractivity contribution in [2.24, 2.45) is 5.92 Å². The minimum Gasteiger partial charge on any atom is -0.496 e. The van der Waals surface area contributed by atoms with Gasteiger partial charge in [-0.1, -0.05) is 59.7 Å². The number of methoxy groups -OCH3 is 2. The summed E-state index contributed by atoms with van der Waals surface area (Å²) in [4.78, 5) is 37.9. The summed E-state index contributed by atoms with van der Waals surface area (Å²) in [6, 6.07) is 10.8. The van der Waals surface area contributed by atoms with Gasteiger partial charge in [0, 0.05) is 24.1 Å². The van der Waals surface area contributed by atoms with Gasteiger partial charge in [-0.3, -0.25) is 9.59 Å². The summed E-state index contributed by atoms with van der Waals surface area (Å²) in [6.07, 6.45) is 2.29. The molecule has 0 aliphatic carbocycles. The van der Waals surface area contributed by atoms with Gasteiger partial charge in [0.2, 0.25) is 5.91 Å². The fourth-order valence-corrected chi connectivity index (χ4v) is 4.45. The van der Waals surface area contributed by atoms with E-state index in [1.807, 2.05) is 25.1 Å². The number of benzene rings is 2. The van der Waals surface area contributed by atoms with Gasteiger partial charge in [0.15, 0.2) is 5.78 Å². The van der Waals surface area contributed by atoms with Gasteiger partial charge in [0.25, 0.3) is 0 Å². The summed E-state index contributed by atoms with van der Waals surface area (Å²) in [6.45, 7) is 12.4. The average molecular weight is 496 g/mol. The van der Waals surface area contributed by atoms with Crippen molar-refractivity contribution in [2.75, 3.05) is 19.5 Å². The molecule has 1 N–H and O–H groups in total. The largest absolute Gasteiger partial charge is 0.496 e. The van der Waals surface area contributed by atoms with Crippen molar-refractivity contribution in [3.63, 3.8) is 0 Å². The number of ether oxygens (including phenoxy) is 2. The van der Waals surface area contributed by atoms with Crippen LogP contribution in [0.1, 0.15) is 105 Å². The van der Waals surface area contributed by atoms with Crippen LogP contribution in [0.3, 0.4) is 0 Å². The molecule has 0 spiro atoms. The molecule has 2 aromatic rings. The van der Waals surface area contributed by atoms with Crippen molar-refractivity contribution < 1.29 is 23.9 Å².